The number of benzene rings is 1. The maximum atomic E-state index is 5.59. The van der Waals surface area contributed by atoms with Gasteiger partial charge in [0.2, 0.25) is 0 Å². The van der Waals surface area contributed by atoms with Gasteiger partial charge in [0, 0.05) is 5.69 Å². The molecule has 0 spiro atoms. The van der Waals surface area contributed by atoms with Crippen molar-refractivity contribution in [3.05, 3.63) is 50.6 Å². The summed E-state index contributed by atoms with van der Waals surface area (Å²) >= 11 is 11.0. The van der Waals surface area contributed by atoms with Crippen LogP contribution in [0.15, 0.2) is 40.2 Å². The molecule has 3 nitrogen and oxygen atoms in total. The van der Waals surface area contributed by atoms with Crippen molar-refractivity contribution in [3.63, 3.8) is 0 Å². The second-order valence-electron chi connectivity index (χ2n) is 5.86. The van der Waals surface area contributed by atoms with Crippen LogP contribution in [0.1, 0.15) is 10.4 Å². The standard InChI is InChI=1S/C17H20BrN3S2/c1-13-4-2-3-5-15(13)19-17(22)21-10-8-20(9-11-21)12-14-6-7-16(18)23-14/h2-7H,8-12H2,1H3,(H,19,22)/p+1. The lowest BCUT2D eigenvalue weighted by atomic mass is 10.2. The molecule has 122 valence electrons. The molecule has 0 unspecified atom stereocenters. The molecule has 3 rings (SSSR count). The molecule has 1 saturated heterocycles. The number of para-hydroxylation sites is 1. The van der Waals surface area contributed by atoms with Gasteiger partial charge in [-0.05, 0) is 58.8 Å². The molecule has 1 fully saturated rings. The lowest BCUT2D eigenvalue weighted by molar-refractivity contribution is -0.917. The first-order valence-corrected chi connectivity index (χ1v) is 9.83. The molecular weight excluding hydrogens is 390 g/mol. The molecule has 1 aliphatic rings. The van der Waals surface area contributed by atoms with Crippen molar-refractivity contribution in [2.24, 2.45) is 0 Å². The fourth-order valence-electron chi connectivity index (χ4n) is 2.80. The number of nitrogens with one attached hydrogen (secondary N) is 2. The number of hydrogen-bond donors (Lipinski definition) is 2. The van der Waals surface area contributed by atoms with Crippen molar-refractivity contribution < 1.29 is 4.90 Å². The number of aryl methyl sites for hydroxylation is 1. The number of hydrogen-bond acceptors (Lipinski definition) is 2. The first-order chi connectivity index (χ1) is 11.1. The average Bonchev–Trinajstić information content (AvgIpc) is 2.95. The first-order valence-electron chi connectivity index (χ1n) is 7.81. The van der Waals surface area contributed by atoms with Crippen LogP contribution in [0.25, 0.3) is 0 Å². The summed E-state index contributed by atoms with van der Waals surface area (Å²) in [7, 11) is 0. The molecule has 1 aromatic carbocycles. The van der Waals surface area contributed by atoms with Gasteiger partial charge in [0.05, 0.1) is 34.8 Å². The summed E-state index contributed by atoms with van der Waals surface area (Å²) in [6.07, 6.45) is 0. The Hall–Kier alpha value is -0.950. The van der Waals surface area contributed by atoms with Crippen LogP contribution >= 0.6 is 39.5 Å². The van der Waals surface area contributed by atoms with E-state index >= 15 is 0 Å². The Morgan fingerprint density at radius 1 is 1.26 bits per heavy atom. The van der Waals surface area contributed by atoms with Crippen molar-refractivity contribution in [1.82, 2.24) is 4.90 Å². The Labute approximate surface area is 155 Å². The molecule has 2 heterocycles. The number of thiophene rings is 1. The summed E-state index contributed by atoms with van der Waals surface area (Å²) in [5.74, 6) is 0. The summed E-state index contributed by atoms with van der Waals surface area (Å²) < 4.78 is 1.22. The van der Waals surface area contributed by atoms with Crippen LogP contribution in [-0.4, -0.2) is 36.2 Å². The summed E-state index contributed by atoms with van der Waals surface area (Å²) in [5, 5.41) is 4.24. The van der Waals surface area contributed by atoms with Crippen LogP contribution in [0.4, 0.5) is 5.69 Å². The van der Waals surface area contributed by atoms with E-state index in [9.17, 15) is 0 Å². The van der Waals surface area contributed by atoms with Crippen LogP contribution < -0.4 is 10.2 Å². The van der Waals surface area contributed by atoms with E-state index in [-0.39, 0.29) is 0 Å². The Morgan fingerprint density at radius 2 is 2.00 bits per heavy atom. The molecule has 1 aromatic heterocycles. The maximum Gasteiger partial charge on any atom is 0.173 e. The van der Waals surface area contributed by atoms with Gasteiger partial charge >= 0.3 is 0 Å². The molecule has 0 aliphatic carbocycles. The zero-order valence-electron chi connectivity index (χ0n) is 13.1. The molecule has 0 amide bonds. The molecule has 23 heavy (non-hydrogen) atoms. The zero-order chi connectivity index (χ0) is 16.2. The van der Waals surface area contributed by atoms with E-state index < -0.39 is 0 Å². The minimum absolute atomic E-state index is 0.845. The highest BCUT2D eigenvalue weighted by molar-refractivity contribution is 9.11. The Morgan fingerprint density at radius 3 is 2.65 bits per heavy atom. The van der Waals surface area contributed by atoms with Crippen molar-refractivity contribution in [1.29, 1.82) is 0 Å². The highest BCUT2D eigenvalue weighted by Gasteiger charge is 2.22. The Bertz CT molecular complexity index is 678. The van der Waals surface area contributed by atoms with Crippen LogP contribution in [0.2, 0.25) is 0 Å². The van der Waals surface area contributed by atoms with E-state index in [0.717, 1.165) is 43.5 Å². The normalized spacial score (nSPS) is 15.7. The molecule has 6 heteroatoms. The van der Waals surface area contributed by atoms with Gasteiger partial charge in [-0.25, -0.2) is 0 Å². The lowest BCUT2D eigenvalue weighted by Crippen LogP contribution is -3.13. The fraction of sp³-hybridized carbons (Fsp3) is 0.353. The number of thiocarbonyl (C=S) groups is 1. The van der Waals surface area contributed by atoms with Gasteiger partial charge in [-0.2, -0.15) is 0 Å². The van der Waals surface area contributed by atoms with Crippen molar-refractivity contribution in [3.8, 4) is 0 Å². The molecular formula is C17H21BrN3S2+. The Kier molecular flexibility index (Phi) is 5.69. The number of halogens is 1. The second-order valence-corrected chi connectivity index (χ2v) is 8.80. The van der Waals surface area contributed by atoms with Crippen molar-refractivity contribution in [2.45, 2.75) is 13.5 Å². The second kappa shape index (κ2) is 7.75. The van der Waals surface area contributed by atoms with E-state index in [1.54, 1.807) is 4.90 Å². The van der Waals surface area contributed by atoms with E-state index in [1.807, 2.05) is 17.4 Å². The summed E-state index contributed by atoms with van der Waals surface area (Å²) in [6.45, 7) is 7.50. The third kappa shape index (κ3) is 4.53. The summed E-state index contributed by atoms with van der Waals surface area (Å²) in [5.41, 5.74) is 2.33. The van der Waals surface area contributed by atoms with Crippen LogP contribution in [-0.2, 0) is 6.54 Å². The molecule has 2 N–H and O–H groups in total. The van der Waals surface area contributed by atoms with E-state index in [4.69, 9.17) is 12.2 Å². The summed E-state index contributed by atoms with van der Waals surface area (Å²) in [6, 6.07) is 12.6. The quantitative estimate of drug-likeness (QED) is 0.758. The topological polar surface area (TPSA) is 19.7 Å². The van der Waals surface area contributed by atoms with Crippen LogP contribution in [0.5, 0.6) is 0 Å². The van der Waals surface area contributed by atoms with Gasteiger partial charge in [0.1, 0.15) is 6.54 Å². The highest BCUT2D eigenvalue weighted by Crippen LogP contribution is 2.21. The lowest BCUT2D eigenvalue weighted by Gasteiger charge is -2.33. The van der Waals surface area contributed by atoms with Crippen LogP contribution in [0, 0.1) is 6.92 Å². The average molecular weight is 411 g/mol. The maximum absolute atomic E-state index is 5.59. The minimum Gasteiger partial charge on any atom is -0.338 e. The molecule has 0 radical (unpaired) electrons. The predicted molar refractivity (Wildman–Crippen MR) is 105 cm³/mol. The molecule has 0 atom stereocenters. The van der Waals surface area contributed by atoms with Gasteiger partial charge in [0.15, 0.2) is 5.11 Å². The van der Waals surface area contributed by atoms with Crippen LogP contribution in [0.3, 0.4) is 0 Å². The zero-order valence-corrected chi connectivity index (χ0v) is 16.4. The molecule has 1 aliphatic heterocycles. The van der Waals surface area contributed by atoms with Crippen molar-refractivity contribution >= 4 is 50.3 Å². The van der Waals surface area contributed by atoms with Gasteiger partial charge in [-0.3, -0.25) is 0 Å². The third-order valence-electron chi connectivity index (χ3n) is 4.20. The van der Waals surface area contributed by atoms with E-state index in [1.165, 1.54) is 14.2 Å². The van der Waals surface area contributed by atoms with E-state index in [2.05, 4.69) is 63.4 Å². The SMILES string of the molecule is Cc1ccccc1NC(=S)N1CC[NH+](Cc2ccc(Br)s2)CC1. The van der Waals surface area contributed by atoms with Gasteiger partial charge in [0.25, 0.3) is 0 Å². The monoisotopic (exact) mass is 410 g/mol. The van der Waals surface area contributed by atoms with Gasteiger partial charge < -0.3 is 15.1 Å². The third-order valence-corrected chi connectivity index (χ3v) is 6.18. The minimum atomic E-state index is 0.845. The molecule has 2 aromatic rings. The Balaban J connectivity index is 1.50. The number of quaternary nitrogens is 1. The van der Waals surface area contributed by atoms with Gasteiger partial charge in [-0.15, -0.1) is 11.3 Å². The predicted octanol–water partition coefficient (Wildman–Crippen LogP) is 2.92. The highest BCUT2D eigenvalue weighted by atomic mass is 79.9. The molecule has 0 bridgehead atoms. The number of nitrogens with zero attached hydrogens (tertiary/aromatic N) is 1. The van der Waals surface area contributed by atoms with Crippen molar-refractivity contribution in [2.75, 3.05) is 31.5 Å². The summed E-state index contributed by atoms with van der Waals surface area (Å²) in [4.78, 5) is 5.37. The molecule has 0 saturated carbocycles. The smallest absolute Gasteiger partial charge is 0.173 e. The first kappa shape index (κ1) is 16.9. The number of anilines is 1. The largest absolute Gasteiger partial charge is 0.338 e. The van der Waals surface area contributed by atoms with E-state index in [0.29, 0.717) is 0 Å². The van der Waals surface area contributed by atoms with Gasteiger partial charge in [-0.1, -0.05) is 18.2 Å². The fourth-order valence-corrected chi connectivity index (χ4v) is 4.65. The number of piperazine rings is 1. The number of rotatable bonds is 3.